The van der Waals surface area contributed by atoms with Crippen molar-refractivity contribution in [3.8, 4) is 5.75 Å². The van der Waals surface area contributed by atoms with Crippen molar-refractivity contribution in [2.75, 3.05) is 0 Å². The highest BCUT2D eigenvalue weighted by Crippen LogP contribution is 2.24. The molecule has 0 aliphatic heterocycles. The van der Waals surface area contributed by atoms with Gasteiger partial charge < -0.3 is 5.11 Å². The molecule has 0 saturated heterocycles. The van der Waals surface area contributed by atoms with E-state index >= 15 is 0 Å². The number of benzene rings is 1. The van der Waals surface area contributed by atoms with Gasteiger partial charge in [0.2, 0.25) is 0 Å². The highest BCUT2D eigenvalue weighted by Gasteiger charge is 2.13. The lowest BCUT2D eigenvalue weighted by Crippen LogP contribution is -2.05. The van der Waals surface area contributed by atoms with Crippen LogP contribution in [0.15, 0.2) is 18.2 Å². The number of rotatable bonds is 4. The highest BCUT2D eigenvalue weighted by molar-refractivity contribution is 6.30. The average molecular weight is 227 g/mol. The number of phenols is 1. The zero-order chi connectivity index (χ0) is 11.4. The lowest BCUT2D eigenvalue weighted by molar-refractivity contribution is 0.0961. The van der Waals surface area contributed by atoms with Crippen molar-refractivity contribution in [1.29, 1.82) is 0 Å². The third-order valence-corrected chi connectivity index (χ3v) is 2.73. The molecule has 1 aromatic rings. The Kier molecular flexibility index (Phi) is 4.15. The molecular formula is C12H15ClO2. The van der Waals surface area contributed by atoms with Crippen LogP contribution in [0.5, 0.6) is 5.75 Å². The third-order valence-electron chi connectivity index (χ3n) is 2.49. The van der Waals surface area contributed by atoms with Crippen LogP contribution < -0.4 is 0 Å². The van der Waals surface area contributed by atoms with Crippen molar-refractivity contribution >= 4 is 17.4 Å². The molecule has 1 atom stereocenters. The lowest BCUT2D eigenvalue weighted by Gasteiger charge is -2.08. The summed E-state index contributed by atoms with van der Waals surface area (Å²) in [7, 11) is 0. The van der Waals surface area contributed by atoms with Crippen LogP contribution in [0.2, 0.25) is 5.02 Å². The summed E-state index contributed by atoms with van der Waals surface area (Å²) < 4.78 is 0. The van der Waals surface area contributed by atoms with Crippen molar-refractivity contribution < 1.29 is 9.90 Å². The minimum absolute atomic E-state index is 0.0292. The summed E-state index contributed by atoms with van der Waals surface area (Å²) in [5.74, 6) is 0.280. The van der Waals surface area contributed by atoms with Gasteiger partial charge in [-0.1, -0.05) is 31.9 Å². The van der Waals surface area contributed by atoms with Gasteiger partial charge in [0.15, 0.2) is 5.78 Å². The van der Waals surface area contributed by atoms with E-state index in [0.717, 1.165) is 6.42 Å². The van der Waals surface area contributed by atoms with Gasteiger partial charge in [-0.15, -0.1) is 0 Å². The summed E-state index contributed by atoms with van der Waals surface area (Å²) in [6, 6.07) is 4.58. The fourth-order valence-corrected chi connectivity index (χ4v) is 1.48. The molecule has 1 rings (SSSR count). The molecule has 1 aromatic carbocycles. The first kappa shape index (κ1) is 12.1. The van der Waals surface area contributed by atoms with Crippen LogP contribution in [-0.2, 0) is 0 Å². The van der Waals surface area contributed by atoms with E-state index in [1.807, 2.05) is 13.8 Å². The zero-order valence-electron chi connectivity index (χ0n) is 8.96. The molecule has 0 bridgehead atoms. The van der Waals surface area contributed by atoms with Crippen LogP contribution in [0.4, 0.5) is 0 Å². The van der Waals surface area contributed by atoms with Crippen molar-refractivity contribution in [3.63, 3.8) is 0 Å². The Balaban J connectivity index is 2.82. The normalized spacial score (nSPS) is 12.5. The van der Waals surface area contributed by atoms with Gasteiger partial charge in [-0.2, -0.15) is 0 Å². The van der Waals surface area contributed by atoms with Gasteiger partial charge in [-0.25, -0.2) is 0 Å². The minimum Gasteiger partial charge on any atom is -0.507 e. The molecule has 0 amide bonds. The Hall–Kier alpha value is -1.02. The van der Waals surface area contributed by atoms with E-state index in [4.69, 9.17) is 11.6 Å². The van der Waals surface area contributed by atoms with E-state index < -0.39 is 0 Å². The van der Waals surface area contributed by atoms with E-state index in [1.54, 1.807) is 12.1 Å². The van der Waals surface area contributed by atoms with Crippen LogP contribution in [-0.4, -0.2) is 10.9 Å². The fraction of sp³-hybridized carbons (Fsp3) is 0.417. The number of hydrogen-bond acceptors (Lipinski definition) is 2. The Morgan fingerprint density at radius 1 is 1.53 bits per heavy atom. The predicted molar refractivity (Wildman–Crippen MR) is 61.5 cm³/mol. The van der Waals surface area contributed by atoms with E-state index in [9.17, 15) is 9.90 Å². The Bertz CT molecular complexity index is 361. The number of carbonyl (C=O) groups is 1. The quantitative estimate of drug-likeness (QED) is 0.796. The van der Waals surface area contributed by atoms with E-state index in [2.05, 4.69) is 0 Å². The maximum atomic E-state index is 11.7. The summed E-state index contributed by atoms with van der Waals surface area (Å²) >= 11 is 5.68. The van der Waals surface area contributed by atoms with E-state index in [0.29, 0.717) is 22.9 Å². The lowest BCUT2D eigenvalue weighted by atomic mass is 9.97. The molecule has 0 aliphatic carbocycles. The fourth-order valence-electron chi connectivity index (χ4n) is 1.31. The first-order valence-corrected chi connectivity index (χ1v) is 5.44. The van der Waals surface area contributed by atoms with Crippen LogP contribution >= 0.6 is 11.6 Å². The van der Waals surface area contributed by atoms with Crippen molar-refractivity contribution in [3.05, 3.63) is 28.8 Å². The molecule has 3 heteroatoms. The highest BCUT2D eigenvalue weighted by atomic mass is 35.5. The van der Waals surface area contributed by atoms with Gasteiger partial charge in [-0.05, 0) is 24.1 Å². The van der Waals surface area contributed by atoms with Crippen molar-refractivity contribution in [2.24, 2.45) is 5.92 Å². The zero-order valence-corrected chi connectivity index (χ0v) is 9.71. The van der Waals surface area contributed by atoms with Gasteiger partial charge in [-0.3, -0.25) is 4.79 Å². The van der Waals surface area contributed by atoms with Gasteiger partial charge in [0.1, 0.15) is 5.75 Å². The molecule has 0 aliphatic rings. The maximum Gasteiger partial charge on any atom is 0.166 e. The molecule has 0 aromatic heterocycles. The topological polar surface area (TPSA) is 37.3 Å². The number of ketones is 1. The Morgan fingerprint density at radius 3 is 2.73 bits per heavy atom. The molecule has 0 heterocycles. The first-order valence-electron chi connectivity index (χ1n) is 5.06. The summed E-state index contributed by atoms with van der Waals surface area (Å²) in [4.78, 5) is 11.7. The maximum absolute atomic E-state index is 11.7. The number of halogens is 1. The van der Waals surface area contributed by atoms with Gasteiger partial charge in [0, 0.05) is 11.4 Å². The molecule has 1 N–H and O–H groups in total. The monoisotopic (exact) mass is 226 g/mol. The minimum atomic E-state index is -0.0317. The predicted octanol–water partition coefficient (Wildman–Crippen LogP) is 3.66. The Labute approximate surface area is 94.9 Å². The summed E-state index contributed by atoms with van der Waals surface area (Å²) in [6.07, 6.45) is 1.42. The standard InChI is InChI=1S/C12H15ClO2/c1-3-8(2)6-11(14)10-5-4-9(13)7-12(10)15/h4-5,7-8,15H,3,6H2,1-2H3. The Morgan fingerprint density at radius 2 is 2.20 bits per heavy atom. The number of hydrogen-bond donors (Lipinski definition) is 1. The number of phenolic OH excluding ortho intramolecular Hbond substituents is 1. The number of aromatic hydroxyl groups is 1. The molecule has 2 nitrogen and oxygen atoms in total. The first-order chi connectivity index (χ1) is 7.04. The second-order valence-corrected chi connectivity index (χ2v) is 4.24. The summed E-state index contributed by atoms with van der Waals surface area (Å²) in [5.41, 5.74) is 0.361. The van der Waals surface area contributed by atoms with Gasteiger partial charge >= 0.3 is 0 Å². The number of carbonyl (C=O) groups excluding carboxylic acids is 1. The van der Waals surface area contributed by atoms with E-state index in [1.165, 1.54) is 6.07 Å². The number of Topliss-reactive ketones (excluding diaryl/α,β-unsaturated/α-hetero) is 1. The van der Waals surface area contributed by atoms with Crippen LogP contribution in [0.1, 0.15) is 37.0 Å². The van der Waals surface area contributed by atoms with Crippen LogP contribution in [0.25, 0.3) is 0 Å². The molecule has 82 valence electrons. The van der Waals surface area contributed by atoms with Gasteiger partial charge in [0.25, 0.3) is 0 Å². The van der Waals surface area contributed by atoms with E-state index in [-0.39, 0.29) is 11.5 Å². The second kappa shape index (κ2) is 5.17. The van der Waals surface area contributed by atoms with Crippen molar-refractivity contribution in [2.45, 2.75) is 26.7 Å². The summed E-state index contributed by atoms with van der Waals surface area (Å²) in [5, 5.41) is 9.98. The molecule has 0 radical (unpaired) electrons. The van der Waals surface area contributed by atoms with Gasteiger partial charge in [0.05, 0.1) is 5.56 Å². The van der Waals surface area contributed by atoms with Crippen LogP contribution in [0, 0.1) is 5.92 Å². The SMILES string of the molecule is CCC(C)CC(=O)c1ccc(Cl)cc1O. The molecule has 0 saturated carbocycles. The van der Waals surface area contributed by atoms with Crippen molar-refractivity contribution in [1.82, 2.24) is 0 Å². The smallest absolute Gasteiger partial charge is 0.166 e. The summed E-state index contributed by atoms with van der Waals surface area (Å²) in [6.45, 7) is 4.06. The third kappa shape index (κ3) is 3.24. The average Bonchev–Trinajstić information content (AvgIpc) is 2.17. The molecule has 0 spiro atoms. The molecule has 1 unspecified atom stereocenters. The second-order valence-electron chi connectivity index (χ2n) is 3.80. The molecular weight excluding hydrogens is 212 g/mol. The molecule has 0 fully saturated rings. The molecule has 15 heavy (non-hydrogen) atoms. The van der Waals surface area contributed by atoms with Crippen LogP contribution in [0.3, 0.4) is 0 Å². The largest absolute Gasteiger partial charge is 0.507 e.